The van der Waals surface area contributed by atoms with Gasteiger partial charge in [0, 0.05) is 12.0 Å². The molecular weight excluding hydrogens is 416 g/mol. The van der Waals surface area contributed by atoms with Crippen LogP contribution in [0.1, 0.15) is 28.2 Å². The molecule has 1 heterocycles. The minimum absolute atomic E-state index is 0.00956. The Morgan fingerprint density at radius 3 is 2.00 bits per heavy atom. The smallest absolute Gasteiger partial charge is 0.274 e. The molecule has 2 amide bonds. The maximum absolute atomic E-state index is 13.7. The molecule has 0 aromatic heterocycles. The van der Waals surface area contributed by atoms with Crippen molar-refractivity contribution in [3.8, 4) is 0 Å². The van der Waals surface area contributed by atoms with Gasteiger partial charge in [0.1, 0.15) is 10.6 Å². The van der Waals surface area contributed by atoms with E-state index in [1.54, 1.807) is 6.07 Å². The van der Waals surface area contributed by atoms with Crippen molar-refractivity contribution in [2.75, 3.05) is 4.90 Å². The zero-order chi connectivity index (χ0) is 21.5. The predicted molar refractivity (Wildman–Crippen MR) is 114 cm³/mol. The monoisotopic (exact) mass is 430 g/mol. The number of nitrogens with zero attached hydrogens (tertiary/aromatic N) is 2. The van der Waals surface area contributed by atoms with Crippen LogP contribution in [0.15, 0.2) is 72.8 Å². The van der Waals surface area contributed by atoms with Crippen molar-refractivity contribution >= 4 is 34.8 Å². The fraction of sp³-hybridized carbons (Fsp3) is 0.167. The van der Waals surface area contributed by atoms with E-state index in [1.165, 1.54) is 18.2 Å². The summed E-state index contributed by atoms with van der Waals surface area (Å²) in [7, 11) is 0. The van der Waals surface area contributed by atoms with Crippen molar-refractivity contribution in [3.63, 3.8) is 0 Å². The van der Waals surface area contributed by atoms with Crippen LogP contribution in [0.25, 0.3) is 0 Å². The van der Waals surface area contributed by atoms with Gasteiger partial charge in [0.05, 0.1) is 16.8 Å². The second-order valence-electron chi connectivity index (χ2n) is 8.13. The molecular formula is C24H15ClN2O4. The van der Waals surface area contributed by atoms with Gasteiger partial charge < -0.3 is 0 Å². The minimum atomic E-state index is -1.21. The Kier molecular flexibility index (Phi) is 3.55. The van der Waals surface area contributed by atoms with E-state index >= 15 is 0 Å². The van der Waals surface area contributed by atoms with Gasteiger partial charge in [-0.05, 0) is 28.3 Å². The van der Waals surface area contributed by atoms with Crippen LogP contribution >= 0.6 is 11.6 Å². The Morgan fingerprint density at radius 1 is 0.839 bits per heavy atom. The van der Waals surface area contributed by atoms with E-state index in [2.05, 4.69) is 0 Å². The largest absolute Gasteiger partial charge is 0.293 e. The molecule has 3 aromatic rings. The number of alkyl halides is 1. The quantitative estimate of drug-likeness (QED) is 0.262. The second-order valence-corrected chi connectivity index (χ2v) is 8.72. The number of carbonyl (C=O) groups excluding carboxylic acids is 2. The highest BCUT2D eigenvalue weighted by atomic mass is 35.5. The number of hydrogen-bond acceptors (Lipinski definition) is 4. The second kappa shape index (κ2) is 6.02. The van der Waals surface area contributed by atoms with Crippen molar-refractivity contribution in [2.45, 2.75) is 10.8 Å². The lowest BCUT2D eigenvalue weighted by molar-refractivity contribution is -0.384. The van der Waals surface area contributed by atoms with Crippen molar-refractivity contribution < 1.29 is 14.5 Å². The van der Waals surface area contributed by atoms with E-state index in [9.17, 15) is 19.7 Å². The molecule has 2 bridgehead atoms. The molecule has 4 aliphatic rings. The zero-order valence-electron chi connectivity index (χ0n) is 16.1. The molecule has 7 heteroatoms. The van der Waals surface area contributed by atoms with E-state index in [4.69, 9.17) is 11.6 Å². The van der Waals surface area contributed by atoms with E-state index in [-0.39, 0.29) is 17.3 Å². The third-order valence-corrected chi connectivity index (χ3v) is 7.48. The Labute approximate surface area is 182 Å². The van der Waals surface area contributed by atoms with E-state index in [0.717, 1.165) is 27.2 Å². The maximum atomic E-state index is 13.7. The summed E-state index contributed by atoms with van der Waals surface area (Å²) in [4.78, 5) is 38.2. The molecule has 31 heavy (non-hydrogen) atoms. The summed E-state index contributed by atoms with van der Waals surface area (Å²) in [5, 5.41) is 11.6. The molecule has 0 saturated carbocycles. The van der Waals surface area contributed by atoms with Gasteiger partial charge in [-0.2, -0.15) is 0 Å². The molecule has 1 aliphatic heterocycles. The fourth-order valence-corrected chi connectivity index (χ4v) is 6.30. The first kappa shape index (κ1) is 18.3. The van der Waals surface area contributed by atoms with Gasteiger partial charge >= 0.3 is 0 Å². The molecule has 2 atom stereocenters. The van der Waals surface area contributed by atoms with E-state index in [0.29, 0.717) is 0 Å². The average molecular weight is 431 g/mol. The van der Waals surface area contributed by atoms with Gasteiger partial charge in [-0.1, -0.05) is 60.7 Å². The Morgan fingerprint density at radius 2 is 1.39 bits per heavy atom. The first-order valence-corrected chi connectivity index (χ1v) is 10.3. The van der Waals surface area contributed by atoms with Crippen LogP contribution in [0.5, 0.6) is 0 Å². The topological polar surface area (TPSA) is 80.5 Å². The molecule has 152 valence electrons. The van der Waals surface area contributed by atoms with Crippen LogP contribution in [0.4, 0.5) is 11.4 Å². The first-order chi connectivity index (χ1) is 15.0. The fourth-order valence-electron chi connectivity index (χ4n) is 5.72. The van der Waals surface area contributed by atoms with Crippen LogP contribution < -0.4 is 4.90 Å². The van der Waals surface area contributed by atoms with Crippen molar-refractivity contribution in [1.82, 2.24) is 0 Å². The number of carbonyl (C=O) groups is 2. The summed E-state index contributed by atoms with van der Waals surface area (Å²) in [6.07, 6.45) is 0. The molecule has 0 N–H and O–H groups in total. The summed E-state index contributed by atoms with van der Waals surface area (Å²) < 4.78 is 0. The van der Waals surface area contributed by atoms with Gasteiger partial charge in [-0.3, -0.25) is 19.7 Å². The number of benzene rings is 3. The lowest BCUT2D eigenvalue weighted by Crippen LogP contribution is -2.50. The third kappa shape index (κ3) is 2.08. The molecule has 3 aliphatic carbocycles. The van der Waals surface area contributed by atoms with Crippen molar-refractivity contribution in [2.24, 2.45) is 11.8 Å². The summed E-state index contributed by atoms with van der Waals surface area (Å²) in [6.45, 7) is 0. The summed E-state index contributed by atoms with van der Waals surface area (Å²) in [6, 6.07) is 21.1. The standard InChI is InChI=1S/C24H15ClN2O4/c25-24-15-9-3-1-7-13(15)19(14-8-2-4-10-16(14)24)20-21(24)23(29)26(22(20)28)17-11-5-6-12-18(17)27(30)31/h1-12,19-21H/t19?,20-,21+,24?/m1/s1. The van der Waals surface area contributed by atoms with Gasteiger partial charge in [0.2, 0.25) is 11.8 Å². The van der Waals surface area contributed by atoms with Crippen LogP contribution in [-0.4, -0.2) is 16.7 Å². The summed E-state index contributed by atoms with van der Waals surface area (Å²) in [5.74, 6) is -2.82. The van der Waals surface area contributed by atoms with Gasteiger partial charge in [-0.15, -0.1) is 11.6 Å². The number of anilines is 1. The van der Waals surface area contributed by atoms with Crippen LogP contribution in [0, 0.1) is 22.0 Å². The predicted octanol–water partition coefficient (Wildman–Crippen LogP) is 4.34. The minimum Gasteiger partial charge on any atom is -0.274 e. The van der Waals surface area contributed by atoms with Crippen LogP contribution in [0.2, 0.25) is 0 Å². The van der Waals surface area contributed by atoms with Crippen LogP contribution in [0.3, 0.4) is 0 Å². The van der Waals surface area contributed by atoms with E-state index in [1.807, 2.05) is 48.5 Å². The molecule has 0 spiro atoms. The average Bonchev–Trinajstić information content (AvgIpc) is 3.05. The number of imide groups is 1. The number of amides is 2. The lowest BCUT2D eigenvalue weighted by Gasteiger charge is -2.50. The highest BCUT2D eigenvalue weighted by Crippen LogP contribution is 2.66. The molecule has 6 nitrogen and oxygen atoms in total. The highest BCUT2D eigenvalue weighted by Gasteiger charge is 2.68. The number of rotatable bonds is 2. The zero-order valence-corrected chi connectivity index (χ0v) is 16.8. The third-order valence-electron chi connectivity index (χ3n) is 6.83. The van der Waals surface area contributed by atoms with E-state index < -0.39 is 33.4 Å². The molecule has 1 fully saturated rings. The first-order valence-electron chi connectivity index (χ1n) is 9.95. The van der Waals surface area contributed by atoms with Crippen LogP contribution in [-0.2, 0) is 14.5 Å². The summed E-state index contributed by atoms with van der Waals surface area (Å²) in [5.41, 5.74) is 3.23. The van der Waals surface area contributed by atoms with Gasteiger partial charge in [0.15, 0.2) is 0 Å². The van der Waals surface area contributed by atoms with Crippen molar-refractivity contribution in [3.05, 3.63) is 105 Å². The number of para-hydroxylation sites is 2. The highest BCUT2D eigenvalue weighted by molar-refractivity contribution is 6.33. The molecule has 3 aromatic carbocycles. The Balaban J connectivity index is 1.62. The number of nitro benzene ring substituents is 1. The normalized spacial score (nSPS) is 27.6. The lowest BCUT2D eigenvalue weighted by atomic mass is 9.54. The summed E-state index contributed by atoms with van der Waals surface area (Å²) >= 11 is 7.34. The number of halogens is 1. The molecule has 7 rings (SSSR count). The molecule has 0 unspecified atom stereocenters. The van der Waals surface area contributed by atoms with Crippen molar-refractivity contribution in [1.29, 1.82) is 0 Å². The van der Waals surface area contributed by atoms with Gasteiger partial charge in [0.25, 0.3) is 5.69 Å². The molecule has 1 saturated heterocycles. The Bertz CT molecular complexity index is 1270. The SMILES string of the molecule is O=C1[C@@H]2C3c4ccccc4C(Cl)(c4ccccc43)[C@@H]2C(=O)N1c1ccccc1[N+](=O)[O-]. The number of hydrogen-bond donors (Lipinski definition) is 0. The Hall–Kier alpha value is -3.51. The molecule has 0 radical (unpaired) electrons. The maximum Gasteiger partial charge on any atom is 0.293 e. The van der Waals surface area contributed by atoms with Gasteiger partial charge in [-0.25, -0.2) is 4.90 Å². The number of nitro groups is 1.